The summed E-state index contributed by atoms with van der Waals surface area (Å²) < 4.78 is 2.30. The molecule has 0 saturated carbocycles. The Balaban J connectivity index is 1.76. The van der Waals surface area contributed by atoms with Gasteiger partial charge in [-0.2, -0.15) is 0 Å². The number of primary amides is 1. The number of benzene rings is 2. The number of halogens is 1. The number of hydrogen-bond donors (Lipinski definition) is 2. The van der Waals surface area contributed by atoms with E-state index in [-0.39, 0.29) is 28.6 Å². The summed E-state index contributed by atoms with van der Waals surface area (Å²) in [5, 5.41) is 3.07. The van der Waals surface area contributed by atoms with E-state index in [1.807, 2.05) is 42.5 Å². The highest BCUT2D eigenvalue weighted by atomic mass is 35.5. The molecule has 6 nitrogen and oxygen atoms in total. The molecule has 0 spiro atoms. The maximum absolute atomic E-state index is 13.2. The summed E-state index contributed by atoms with van der Waals surface area (Å²) in [4.78, 5) is 36.4. The minimum absolute atomic E-state index is 0.0603. The molecule has 0 bridgehead atoms. The van der Waals surface area contributed by atoms with Gasteiger partial charge in [-0.1, -0.05) is 79.7 Å². The van der Waals surface area contributed by atoms with Crippen LogP contribution in [-0.4, -0.2) is 33.3 Å². The van der Waals surface area contributed by atoms with E-state index in [1.54, 1.807) is 0 Å². The van der Waals surface area contributed by atoms with Gasteiger partial charge in [-0.15, -0.1) is 0 Å². The lowest BCUT2D eigenvalue weighted by Crippen LogP contribution is -2.45. The summed E-state index contributed by atoms with van der Waals surface area (Å²) in [7, 11) is 0. The molecule has 2 heterocycles. The van der Waals surface area contributed by atoms with E-state index >= 15 is 0 Å². The summed E-state index contributed by atoms with van der Waals surface area (Å²) >= 11 is 7.21. The molecule has 0 fully saturated rings. The predicted molar refractivity (Wildman–Crippen MR) is 146 cm³/mol. The Hall–Kier alpha value is -3.03. The van der Waals surface area contributed by atoms with Gasteiger partial charge in [-0.3, -0.25) is 14.4 Å². The first-order chi connectivity index (χ1) is 17.1. The first-order valence-corrected chi connectivity index (χ1v) is 13.2. The summed E-state index contributed by atoms with van der Waals surface area (Å²) in [5.74, 6) is -0.936. The number of carbonyl (C=O) groups excluding carboxylic acids is 3. The van der Waals surface area contributed by atoms with Crippen LogP contribution in [0, 0.1) is 5.41 Å². The normalized spacial score (nSPS) is 14.8. The number of nitrogens with zero attached hydrogens (tertiary/aromatic N) is 1. The quantitative estimate of drug-likeness (QED) is 0.441. The molecule has 1 aromatic heterocycles. The van der Waals surface area contributed by atoms with E-state index in [4.69, 9.17) is 17.3 Å². The maximum atomic E-state index is 13.2. The van der Waals surface area contributed by atoms with Gasteiger partial charge in [0.15, 0.2) is 5.12 Å². The Bertz CT molecular complexity index is 1300. The number of thioether (sulfide) groups is 1. The van der Waals surface area contributed by atoms with Crippen LogP contribution in [0.1, 0.15) is 32.2 Å². The van der Waals surface area contributed by atoms with Gasteiger partial charge in [0.2, 0.25) is 11.8 Å². The van der Waals surface area contributed by atoms with Gasteiger partial charge >= 0.3 is 0 Å². The van der Waals surface area contributed by atoms with E-state index in [9.17, 15) is 14.4 Å². The molecule has 1 aliphatic rings. The maximum Gasteiger partial charge on any atom is 0.240 e. The molecular weight excluding hydrogens is 494 g/mol. The highest BCUT2D eigenvalue weighted by molar-refractivity contribution is 8.13. The molecular formula is C28H30ClN3O3S. The van der Waals surface area contributed by atoms with Crippen molar-refractivity contribution in [3.63, 3.8) is 0 Å². The van der Waals surface area contributed by atoms with Crippen LogP contribution in [0.3, 0.4) is 0 Å². The van der Waals surface area contributed by atoms with E-state index in [2.05, 4.69) is 35.9 Å². The monoisotopic (exact) mass is 523 g/mol. The zero-order valence-corrected chi connectivity index (χ0v) is 22.2. The lowest BCUT2D eigenvalue weighted by atomic mass is 9.86. The molecule has 0 aliphatic carbocycles. The van der Waals surface area contributed by atoms with E-state index in [0.29, 0.717) is 5.02 Å². The molecule has 3 aromatic rings. The number of fused-ring (bicyclic) bond motifs is 1. The van der Waals surface area contributed by atoms with Crippen molar-refractivity contribution >= 4 is 40.3 Å². The largest absolute Gasteiger partial charge is 0.368 e. The molecule has 0 radical (unpaired) electrons. The average molecular weight is 524 g/mol. The van der Waals surface area contributed by atoms with Crippen molar-refractivity contribution in [2.24, 2.45) is 11.1 Å². The smallest absolute Gasteiger partial charge is 0.240 e. The average Bonchev–Trinajstić information content (AvgIpc) is 3.27. The number of hydrogen-bond acceptors (Lipinski definition) is 4. The standard InChI is InChI=1S/C28H30ClN3O3S/c1-17(33)31-21(27(30)35)15-36-24(34)13-22-25(19-9-11-20(29)12-10-19)26(18-7-5-4-6-8-18)23-14-28(2,3)16-32(22)23/h4-12,21H,13-16H2,1-3H3,(H2,30,35)(H,31,33). The van der Waals surface area contributed by atoms with Crippen LogP contribution < -0.4 is 11.1 Å². The molecule has 3 N–H and O–H groups in total. The second-order valence-corrected chi connectivity index (χ2v) is 11.5. The zero-order chi connectivity index (χ0) is 26.0. The van der Waals surface area contributed by atoms with Crippen molar-refractivity contribution in [1.29, 1.82) is 0 Å². The summed E-state index contributed by atoms with van der Waals surface area (Å²) in [6.45, 7) is 6.60. The summed E-state index contributed by atoms with van der Waals surface area (Å²) in [6, 6.07) is 17.1. The Kier molecular flexibility index (Phi) is 7.62. The Morgan fingerprint density at radius 3 is 2.31 bits per heavy atom. The minimum atomic E-state index is -0.899. The molecule has 2 aromatic carbocycles. The van der Waals surface area contributed by atoms with Crippen LogP contribution in [0.5, 0.6) is 0 Å². The summed E-state index contributed by atoms with van der Waals surface area (Å²) in [6.07, 6.45) is 1.08. The van der Waals surface area contributed by atoms with Crippen LogP contribution in [0.15, 0.2) is 54.6 Å². The van der Waals surface area contributed by atoms with Crippen molar-refractivity contribution < 1.29 is 14.4 Å². The van der Waals surface area contributed by atoms with Crippen LogP contribution in [0.2, 0.25) is 5.02 Å². The fourth-order valence-corrected chi connectivity index (χ4v) is 5.83. The molecule has 4 rings (SSSR count). The predicted octanol–water partition coefficient (Wildman–Crippen LogP) is 4.85. The van der Waals surface area contributed by atoms with Crippen molar-refractivity contribution in [3.05, 3.63) is 71.0 Å². The molecule has 8 heteroatoms. The Morgan fingerprint density at radius 2 is 1.69 bits per heavy atom. The lowest BCUT2D eigenvalue weighted by molar-refractivity contribution is -0.125. The van der Waals surface area contributed by atoms with E-state index in [0.717, 1.165) is 52.7 Å². The third-order valence-corrected chi connectivity index (χ3v) is 7.57. The van der Waals surface area contributed by atoms with Crippen molar-refractivity contribution in [2.75, 3.05) is 5.75 Å². The van der Waals surface area contributed by atoms with Gasteiger partial charge in [-0.05, 0) is 35.1 Å². The highest BCUT2D eigenvalue weighted by Gasteiger charge is 2.36. The van der Waals surface area contributed by atoms with Crippen molar-refractivity contribution in [2.45, 2.75) is 46.2 Å². The van der Waals surface area contributed by atoms with E-state index < -0.39 is 11.9 Å². The minimum Gasteiger partial charge on any atom is -0.368 e. The molecule has 1 aliphatic heterocycles. The third kappa shape index (κ3) is 5.68. The fraction of sp³-hybridized carbons (Fsp3) is 0.321. The SMILES string of the molecule is CC(=O)NC(CSC(=O)Cc1c(-c2ccc(Cl)cc2)c(-c2ccccc2)c2n1CC(C)(C)C2)C(N)=O. The summed E-state index contributed by atoms with van der Waals surface area (Å²) in [5.41, 5.74) is 11.9. The van der Waals surface area contributed by atoms with Gasteiger partial charge in [0, 0.05) is 46.8 Å². The second kappa shape index (κ2) is 10.5. The Morgan fingerprint density at radius 1 is 1.06 bits per heavy atom. The number of aromatic nitrogens is 1. The number of nitrogens with two attached hydrogens (primary N) is 1. The van der Waals surface area contributed by atoms with Gasteiger partial charge < -0.3 is 15.6 Å². The molecule has 1 unspecified atom stereocenters. The topological polar surface area (TPSA) is 94.2 Å². The number of nitrogens with one attached hydrogen (secondary N) is 1. The van der Waals surface area contributed by atoms with Crippen molar-refractivity contribution in [3.8, 4) is 22.3 Å². The highest BCUT2D eigenvalue weighted by Crippen LogP contribution is 2.47. The molecule has 2 amide bonds. The number of carbonyl (C=O) groups is 3. The number of amides is 2. The number of rotatable bonds is 8. The zero-order valence-electron chi connectivity index (χ0n) is 20.6. The van der Waals surface area contributed by atoms with Crippen LogP contribution >= 0.6 is 23.4 Å². The van der Waals surface area contributed by atoms with Gasteiger partial charge in [0.05, 0.1) is 6.42 Å². The molecule has 36 heavy (non-hydrogen) atoms. The first kappa shape index (κ1) is 26.0. The molecule has 0 saturated heterocycles. The van der Waals surface area contributed by atoms with Crippen molar-refractivity contribution in [1.82, 2.24) is 9.88 Å². The second-order valence-electron chi connectivity index (χ2n) is 9.96. The van der Waals surface area contributed by atoms with Gasteiger partial charge in [-0.25, -0.2) is 0 Å². The van der Waals surface area contributed by atoms with Gasteiger partial charge in [0.1, 0.15) is 6.04 Å². The van der Waals surface area contributed by atoms with Gasteiger partial charge in [0.25, 0.3) is 0 Å². The molecule has 188 valence electrons. The molecule has 1 atom stereocenters. The lowest BCUT2D eigenvalue weighted by Gasteiger charge is -2.19. The van der Waals surface area contributed by atoms with Crippen LogP contribution in [0.25, 0.3) is 22.3 Å². The fourth-order valence-electron chi connectivity index (χ4n) is 4.86. The van der Waals surface area contributed by atoms with E-state index in [1.165, 1.54) is 12.6 Å². The Labute approximate surface area is 220 Å². The first-order valence-electron chi connectivity index (χ1n) is 11.8. The van der Waals surface area contributed by atoms with Crippen LogP contribution in [0.4, 0.5) is 0 Å². The van der Waals surface area contributed by atoms with Crippen LogP contribution in [-0.2, 0) is 33.8 Å². The third-order valence-electron chi connectivity index (χ3n) is 6.35.